The van der Waals surface area contributed by atoms with Crippen LogP contribution in [0.2, 0.25) is 5.02 Å². The zero-order valence-corrected chi connectivity index (χ0v) is 13.9. The first kappa shape index (κ1) is 16.4. The molecule has 0 radical (unpaired) electrons. The van der Waals surface area contributed by atoms with Gasteiger partial charge in [-0.3, -0.25) is 4.40 Å². The van der Waals surface area contributed by atoms with Crippen LogP contribution in [0.3, 0.4) is 0 Å². The molecule has 2 heterocycles. The standard InChI is InChI=1S/C16H15ClF3N5/c17-9-6-7-11-12(8-9)25-14(23-24-15(25)16(18,19)20)13(22-11)21-10-4-2-1-3-5-10/h6-8,10H,1-5H2,(H,21,22). The van der Waals surface area contributed by atoms with Crippen LogP contribution in [-0.4, -0.2) is 25.6 Å². The summed E-state index contributed by atoms with van der Waals surface area (Å²) in [7, 11) is 0. The number of fused-ring (bicyclic) bond motifs is 3. The number of benzene rings is 1. The van der Waals surface area contributed by atoms with E-state index < -0.39 is 12.0 Å². The fourth-order valence-electron chi connectivity index (χ4n) is 3.33. The number of hydrogen-bond donors (Lipinski definition) is 1. The number of rotatable bonds is 2. The molecule has 1 aliphatic carbocycles. The highest BCUT2D eigenvalue weighted by molar-refractivity contribution is 6.31. The molecule has 1 aromatic carbocycles. The summed E-state index contributed by atoms with van der Waals surface area (Å²) in [5, 5.41) is 10.7. The van der Waals surface area contributed by atoms with Crippen molar-refractivity contribution >= 4 is 34.1 Å². The molecule has 5 nitrogen and oxygen atoms in total. The molecule has 0 spiro atoms. The molecule has 0 atom stereocenters. The lowest BCUT2D eigenvalue weighted by Gasteiger charge is -2.23. The summed E-state index contributed by atoms with van der Waals surface area (Å²) in [6.07, 6.45) is 0.674. The van der Waals surface area contributed by atoms with Crippen LogP contribution < -0.4 is 5.32 Å². The van der Waals surface area contributed by atoms with Gasteiger partial charge in [-0.05, 0) is 31.0 Å². The fraction of sp³-hybridized carbons (Fsp3) is 0.438. The van der Waals surface area contributed by atoms with Crippen LogP contribution in [0.25, 0.3) is 16.7 Å². The van der Waals surface area contributed by atoms with Crippen molar-refractivity contribution in [2.75, 3.05) is 5.32 Å². The molecule has 0 saturated heterocycles. The average Bonchev–Trinajstić information content (AvgIpc) is 3.02. The van der Waals surface area contributed by atoms with E-state index in [1.807, 2.05) is 0 Å². The topological polar surface area (TPSA) is 55.1 Å². The van der Waals surface area contributed by atoms with Gasteiger partial charge in [0, 0.05) is 11.1 Å². The second kappa shape index (κ2) is 6.01. The normalized spacial score (nSPS) is 16.6. The van der Waals surface area contributed by atoms with Gasteiger partial charge >= 0.3 is 6.18 Å². The van der Waals surface area contributed by atoms with Crippen LogP contribution in [0, 0.1) is 0 Å². The van der Waals surface area contributed by atoms with Crippen molar-refractivity contribution in [1.82, 2.24) is 19.6 Å². The van der Waals surface area contributed by atoms with Crippen LogP contribution in [0.1, 0.15) is 37.9 Å². The third kappa shape index (κ3) is 2.99. The first-order chi connectivity index (χ1) is 11.9. The van der Waals surface area contributed by atoms with Gasteiger partial charge in [-0.15, -0.1) is 10.2 Å². The number of hydrogen-bond acceptors (Lipinski definition) is 4. The second-order valence-corrected chi connectivity index (χ2v) is 6.69. The van der Waals surface area contributed by atoms with Crippen LogP contribution in [-0.2, 0) is 6.18 Å². The lowest BCUT2D eigenvalue weighted by Crippen LogP contribution is -2.23. The highest BCUT2D eigenvalue weighted by Crippen LogP contribution is 2.33. The first-order valence-electron chi connectivity index (χ1n) is 8.11. The third-order valence-electron chi connectivity index (χ3n) is 4.49. The van der Waals surface area contributed by atoms with Crippen LogP contribution in [0.15, 0.2) is 18.2 Å². The molecule has 0 unspecified atom stereocenters. The van der Waals surface area contributed by atoms with E-state index in [9.17, 15) is 13.2 Å². The van der Waals surface area contributed by atoms with Crippen LogP contribution in [0.5, 0.6) is 0 Å². The molecule has 9 heteroatoms. The van der Waals surface area contributed by atoms with E-state index >= 15 is 0 Å². The molecule has 1 N–H and O–H groups in total. The Kier molecular flexibility index (Phi) is 3.94. The third-order valence-corrected chi connectivity index (χ3v) is 4.72. The Morgan fingerprint density at radius 2 is 1.88 bits per heavy atom. The molecule has 2 aromatic heterocycles. The minimum atomic E-state index is -4.63. The van der Waals surface area contributed by atoms with Gasteiger partial charge in [0.25, 0.3) is 0 Å². The first-order valence-corrected chi connectivity index (χ1v) is 8.49. The highest BCUT2D eigenvalue weighted by atomic mass is 35.5. The van der Waals surface area contributed by atoms with E-state index in [0.29, 0.717) is 16.4 Å². The monoisotopic (exact) mass is 369 g/mol. The molecular weight excluding hydrogens is 355 g/mol. The van der Waals surface area contributed by atoms with Gasteiger partial charge in [0.05, 0.1) is 11.0 Å². The molecule has 1 saturated carbocycles. The lowest BCUT2D eigenvalue weighted by molar-refractivity contribution is -0.145. The van der Waals surface area contributed by atoms with E-state index in [2.05, 4.69) is 20.5 Å². The Balaban J connectivity index is 1.93. The summed E-state index contributed by atoms with van der Waals surface area (Å²) in [4.78, 5) is 4.47. The Morgan fingerprint density at radius 1 is 1.12 bits per heavy atom. The number of alkyl halides is 3. The van der Waals surface area contributed by atoms with Crippen molar-refractivity contribution < 1.29 is 13.2 Å². The predicted octanol–water partition coefficient (Wildman–Crippen LogP) is 4.69. The molecule has 1 aliphatic rings. The Labute approximate surface area is 146 Å². The molecule has 132 valence electrons. The molecule has 0 aliphatic heterocycles. The summed E-state index contributed by atoms with van der Waals surface area (Å²) in [6.45, 7) is 0. The number of aromatic nitrogens is 4. The van der Waals surface area contributed by atoms with E-state index in [4.69, 9.17) is 11.6 Å². The van der Waals surface area contributed by atoms with Gasteiger partial charge in [0.1, 0.15) is 0 Å². The molecule has 0 amide bonds. The number of nitrogens with one attached hydrogen (secondary N) is 1. The van der Waals surface area contributed by atoms with E-state index in [1.54, 1.807) is 12.1 Å². The van der Waals surface area contributed by atoms with Gasteiger partial charge in [-0.1, -0.05) is 30.9 Å². The minimum absolute atomic E-state index is 0.0627. The summed E-state index contributed by atoms with van der Waals surface area (Å²) in [5.41, 5.74) is 0.696. The van der Waals surface area contributed by atoms with Gasteiger partial charge < -0.3 is 5.32 Å². The largest absolute Gasteiger partial charge is 0.452 e. The van der Waals surface area contributed by atoms with Gasteiger partial charge in [0.15, 0.2) is 5.82 Å². The maximum atomic E-state index is 13.4. The summed E-state index contributed by atoms with van der Waals surface area (Å²) >= 11 is 5.97. The fourth-order valence-corrected chi connectivity index (χ4v) is 3.49. The minimum Gasteiger partial charge on any atom is -0.364 e. The average molecular weight is 370 g/mol. The molecular formula is C16H15ClF3N5. The maximum Gasteiger partial charge on any atom is 0.452 e. The van der Waals surface area contributed by atoms with Crippen molar-refractivity contribution in [2.45, 2.75) is 44.3 Å². The number of nitrogens with zero attached hydrogens (tertiary/aromatic N) is 4. The van der Waals surface area contributed by atoms with Gasteiger partial charge in [-0.2, -0.15) is 13.2 Å². The Bertz CT molecular complexity index is 931. The molecule has 3 aromatic rings. The zero-order chi connectivity index (χ0) is 17.6. The molecule has 0 bridgehead atoms. The summed E-state index contributed by atoms with van der Waals surface area (Å²) in [6, 6.07) is 4.83. The quantitative estimate of drug-likeness (QED) is 0.711. The second-order valence-electron chi connectivity index (χ2n) is 6.25. The van der Waals surface area contributed by atoms with Crippen molar-refractivity contribution in [2.24, 2.45) is 0 Å². The van der Waals surface area contributed by atoms with Crippen LogP contribution in [0.4, 0.5) is 19.0 Å². The van der Waals surface area contributed by atoms with Gasteiger partial charge in [-0.25, -0.2) is 4.98 Å². The smallest absolute Gasteiger partial charge is 0.364 e. The SMILES string of the molecule is FC(F)(F)c1nnc2c(NC3CCCCC3)nc3ccc(Cl)cc3n12. The predicted molar refractivity (Wildman–Crippen MR) is 88.8 cm³/mol. The van der Waals surface area contributed by atoms with Crippen molar-refractivity contribution in [1.29, 1.82) is 0 Å². The summed E-state index contributed by atoms with van der Waals surface area (Å²) < 4.78 is 41.1. The van der Waals surface area contributed by atoms with E-state index in [-0.39, 0.29) is 17.2 Å². The van der Waals surface area contributed by atoms with Crippen LogP contribution >= 0.6 is 11.6 Å². The van der Waals surface area contributed by atoms with E-state index in [1.165, 1.54) is 12.5 Å². The molecule has 1 fully saturated rings. The van der Waals surface area contributed by atoms with E-state index in [0.717, 1.165) is 30.1 Å². The lowest BCUT2D eigenvalue weighted by atomic mass is 9.95. The number of anilines is 1. The number of halogens is 4. The molecule has 25 heavy (non-hydrogen) atoms. The van der Waals surface area contributed by atoms with Crippen molar-refractivity contribution in [3.63, 3.8) is 0 Å². The highest BCUT2D eigenvalue weighted by Gasteiger charge is 2.38. The van der Waals surface area contributed by atoms with Gasteiger partial charge in [0.2, 0.25) is 11.5 Å². The maximum absolute atomic E-state index is 13.4. The Hall–Kier alpha value is -2.09. The van der Waals surface area contributed by atoms with Crippen molar-refractivity contribution in [3.8, 4) is 0 Å². The molecule has 4 rings (SSSR count). The zero-order valence-electron chi connectivity index (χ0n) is 13.1. The summed E-state index contributed by atoms with van der Waals surface area (Å²) in [5.74, 6) is -0.756. The Morgan fingerprint density at radius 3 is 2.60 bits per heavy atom. The van der Waals surface area contributed by atoms with Crippen molar-refractivity contribution in [3.05, 3.63) is 29.0 Å².